The summed E-state index contributed by atoms with van der Waals surface area (Å²) in [5.74, 6) is 0. The van der Waals surface area contributed by atoms with Gasteiger partial charge in [-0.15, -0.1) is 0 Å². The molecule has 0 atom stereocenters. The summed E-state index contributed by atoms with van der Waals surface area (Å²) in [6.45, 7) is 15.3. The third-order valence-electron chi connectivity index (χ3n) is 2.53. The molecule has 0 aliphatic carbocycles. The first kappa shape index (κ1) is 17.2. The molecule has 0 aromatic heterocycles. The molecule has 0 fully saturated rings. The van der Waals surface area contributed by atoms with E-state index < -0.39 is 7.82 Å². The SMILES string of the molecule is C=CC[N+](CC)(CC)CC.O=P([O-])(O)O. The lowest BCUT2D eigenvalue weighted by Gasteiger charge is -2.34. The van der Waals surface area contributed by atoms with E-state index in [1.807, 2.05) is 6.08 Å². The second kappa shape index (κ2) is 8.02. The van der Waals surface area contributed by atoms with Crippen molar-refractivity contribution in [1.29, 1.82) is 0 Å². The molecular weight excluding hydrogens is 217 g/mol. The predicted molar refractivity (Wildman–Crippen MR) is 59.0 cm³/mol. The van der Waals surface area contributed by atoms with Crippen LogP contribution in [0.25, 0.3) is 0 Å². The molecule has 0 radical (unpaired) electrons. The minimum Gasteiger partial charge on any atom is -0.756 e. The highest BCUT2D eigenvalue weighted by Gasteiger charge is 2.17. The van der Waals surface area contributed by atoms with E-state index in [1.54, 1.807) is 0 Å². The first-order valence-corrected chi connectivity index (χ1v) is 6.50. The van der Waals surface area contributed by atoms with E-state index in [4.69, 9.17) is 19.2 Å². The third kappa shape index (κ3) is 11.7. The van der Waals surface area contributed by atoms with Crippen molar-refractivity contribution in [3.05, 3.63) is 12.7 Å². The van der Waals surface area contributed by atoms with Crippen molar-refractivity contribution in [1.82, 2.24) is 0 Å². The van der Waals surface area contributed by atoms with Gasteiger partial charge in [-0.05, 0) is 26.8 Å². The number of quaternary nitrogens is 1. The van der Waals surface area contributed by atoms with Gasteiger partial charge >= 0.3 is 0 Å². The molecule has 0 aliphatic heterocycles. The minimum atomic E-state index is -4.89. The van der Waals surface area contributed by atoms with Crippen molar-refractivity contribution in [2.45, 2.75) is 20.8 Å². The van der Waals surface area contributed by atoms with E-state index in [1.165, 1.54) is 24.1 Å². The Morgan fingerprint density at radius 3 is 1.60 bits per heavy atom. The second-order valence-electron chi connectivity index (χ2n) is 3.25. The second-order valence-corrected chi connectivity index (χ2v) is 4.23. The summed E-state index contributed by atoms with van der Waals surface area (Å²) >= 11 is 0. The molecule has 0 bridgehead atoms. The Morgan fingerprint density at radius 1 is 1.27 bits per heavy atom. The molecule has 6 heteroatoms. The van der Waals surface area contributed by atoms with Gasteiger partial charge in [0.05, 0.1) is 26.2 Å². The number of nitrogens with zero attached hydrogens (tertiary/aromatic N) is 1. The van der Waals surface area contributed by atoms with Crippen molar-refractivity contribution in [2.75, 3.05) is 26.2 Å². The van der Waals surface area contributed by atoms with Crippen LogP contribution in [0.2, 0.25) is 0 Å². The van der Waals surface area contributed by atoms with E-state index in [0.29, 0.717) is 0 Å². The van der Waals surface area contributed by atoms with Gasteiger partial charge < -0.3 is 19.2 Å². The van der Waals surface area contributed by atoms with Gasteiger partial charge in [-0.3, -0.25) is 4.57 Å². The summed E-state index contributed by atoms with van der Waals surface area (Å²) in [4.78, 5) is 22.9. The first-order valence-electron chi connectivity index (χ1n) is 4.97. The van der Waals surface area contributed by atoms with Crippen molar-refractivity contribution >= 4 is 7.82 Å². The molecule has 0 amide bonds. The minimum absolute atomic E-state index is 1.11. The van der Waals surface area contributed by atoms with Gasteiger partial charge in [0.25, 0.3) is 7.82 Å². The maximum atomic E-state index is 8.77. The lowest BCUT2D eigenvalue weighted by atomic mass is 10.3. The standard InChI is InChI=1S/C9H20N.H3O4P/c1-5-9-10(6-2,7-3)8-4;1-5(2,3)4/h5H,1,6-9H2,2-4H3;(H3,1,2,3,4)/q+1;/p-1. The highest BCUT2D eigenvalue weighted by Crippen LogP contribution is 2.18. The molecule has 0 heterocycles. The lowest BCUT2D eigenvalue weighted by Crippen LogP contribution is -2.47. The summed E-state index contributed by atoms with van der Waals surface area (Å²) in [7, 11) is -4.89. The van der Waals surface area contributed by atoms with Crippen LogP contribution in [-0.2, 0) is 4.57 Å². The molecule has 5 nitrogen and oxygen atoms in total. The summed E-state index contributed by atoms with van der Waals surface area (Å²) in [6.07, 6.45) is 2.02. The molecule has 0 spiro atoms. The summed E-state index contributed by atoms with van der Waals surface area (Å²) < 4.78 is 9.95. The molecule has 0 saturated carbocycles. The van der Waals surface area contributed by atoms with Gasteiger partial charge in [0.1, 0.15) is 0 Å². The van der Waals surface area contributed by atoms with Crippen molar-refractivity contribution in [2.24, 2.45) is 0 Å². The van der Waals surface area contributed by atoms with Gasteiger partial charge in [-0.25, -0.2) is 0 Å². The van der Waals surface area contributed by atoms with Crippen LogP contribution < -0.4 is 4.89 Å². The molecular formula is C9H22NO4P. The van der Waals surface area contributed by atoms with Gasteiger partial charge in [0, 0.05) is 0 Å². The maximum Gasteiger partial charge on any atom is 0.262 e. The van der Waals surface area contributed by atoms with E-state index in [-0.39, 0.29) is 0 Å². The smallest absolute Gasteiger partial charge is 0.262 e. The zero-order valence-electron chi connectivity index (χ0n) is 9.72. The number of hydrogen-bond acceptors (Lipinski definition) is 2. The Labute approximate surface area is 91.9 Å². The molecule has 2 N–H and O–H groups in total. The summed E-state index contributed by atoms with van der Waals surface area (Å²) in [5.41, 5.74) is 0. The zero-order chi connectivity index (χ0) is 12.5. The van der Waals surface area contributed by atoms with Crippen LogP contribution in [0, 0.1) is 0 Å². The van der Waals surface area contributed by atoms with Gasteiger partial charge in [-0.2, -0.15) is 0 Å². The number of hydrogen-bond donors (Lipinski definition) is 2. The zero-order valence-corrected chi connectivity index (χ0v) is 10.6. The van der Waals surface area contributed by atoms with Crippen LogP contribution in [0.3, 0.4) is 0 Å². The molecule has 0 rings (SSSR count). The van der Waals surface area contributed by atoms with Crippen LogP contribution in [0.1, 0.15) is 20.8 Å². The normalized spacial score (nSPS) is 11.6. The van der Waals surface area contributed by atoms with Gasteiger partial charge in [-0.1, -0.05) is 6.58 Å². The average Bonchev–Trinajstić information content (AvgIpc) is 2.12. The number of phosphoric acid groups is 1. The molecule has 0 saturated heterocycles. The predicted octanol–water partition coefficient (Wildman–Crippen LogP) is 0.488. The van der Waals surface area contributed by atoms with Crippen LogP contribution in [0.5, 0.6) is 0 Å². The molecule has 0 unspecified atom stereocenters. The van der Waals surface area contributed by atoms with Gasteiger partial charge in [0.2, 0.25) is 0 Å². The third-order valence-corrected chi connectivity index (χ3v) is 2.53. The van der Waals surface area contributed by atoms with Crippen LogP contribution in [0.4, 0.5) is 0 Å². The van der Waals surface area contributed by atoms with Gasteiger partial charge in [0.15, 0.2) is 0 Å². The fourth-order valence-corrected chi connectivity index (χ4v) is 1.33. The summed E-state index contributed by atoms with van der Waals surface area (Å²) in [5, 5.41) is 0. The number of rotatable bonds is 5. The molecule has 92 valence electrons. The fraction of sp³-hybridized carbons (Fsp3) is 0.778. The van der Waals surface area contributed by atoms with Crippen LogP contribution in [-0.4, -0.2) is 40.4 Å². The Morgan fingerprint density at radius 2 is 1.53 bits per heavy atom. The fourth-order valence-electron chi connectivity index (χ4n) is 1.33. The topological polar surface area (TPSA) is 80.6 Å². The highest BCUT2D eigenvalue weighted by atomic mass is 31.2. The lowest BCUT2D eigenvalue weighted by molar-refractivity contribution is -0.917. The Balaban J connectivity index is 0. The Bertz CT molecular complexity index is 194. The first-order chi connectivity index (χ1) is 6.74. The van der Waals surface area contributed by atoms with Crippen LogP contribution in [0.15, 0.2) is 12.7 Å². The van der Waals surface area contributed by atoms with E-state index in [9.17, 15) is 0 Å². The Hall–Kier alpha value is -0.190. The van der Waals surface area contributed by atoms with E-state index in [0.717, 1.165) is 6.54 Å². The van der Waals surface area contributed by atoms with Crippen molar-refractivity contribution in [3.8, 4) is 0 Å². The largest absolute Gasteiger partial charge is 0.756 e. The Kier molecular flexibility index (Phi) is 9.20. The monoisotopic (exact) mass is 239 g/mol. The van der Waals surface area contributed by atoms with Crippen molar-refractivity contribution < 1.29 is 23.7 Å². The van der Waals surface area contributed by atoms with E-state index >= 15 is 0 Å². The quantitative estimate of drug-likeness (QED) is 0.415. The molecule has 0 aliphatic rings. The molecule has 15 heavy (non-hydrogen) atoms. The average molecular weight is 239 g/mol. The molecule has 0 aromatic carbocycles. The van der Waals surface area contributed by atoms with Crippen LogP contribution >= 0.6 is 7.82 Å². The molecule has 0 aromatic rings. The highest BCUT2D eigenvalue weighted by molar-refractivity contribution is 7.43. The maximum absolute atomic E-state index is 8.77. The van der Waals surface area contributed by atoms with E-state index in [2.05, 4.69) is 27.4 Å². The summed E-state index contributed by atoms with van der Waals surface area (Å²) in [6, 6.07) is 0. The number of likely N-dealkylation sites (N-methyl/N-ethyl adjacent to an activating group) is 1. The van der Waals surface area contributed by atoms with Crippen molar-refractivity contribution in [3.63, 3.8) is 0 Å².